The lowest BCUT2D eigenvalue weighted by Crippen LogP contribution is -2.36. The molecule has 0 saturated heterocycles. The highest BCUT2D eigenvalue weighted by Gasteiger charge is 2.34. The van der Waals surface area contributed by atoms with Gasteiger partial charge in [-0.15, -0.1) is 5.10 Å². The van der Waals surface area contributed by atoms with E-state index < -0.39 is 0 Å². The molecule has 1 aliphatic rings. The Hall–Kier alpha value is -1.12. The highest BCUT2D eigenvalue weighted by atomic mass is 15.2. The quantitative estimate of drug-likeness (QED) is 0.794. The first-order chi connectivity index (χ1) is 6.85. The summed E-state index contributed by atoms with van der Waals surface area (Å²) in [5, 5.41) is 11.2. The average Bonchev–Trinajstić information content (AvgIpc) is 2.19. The van der Waals surface area contributed by atoms with Gasteiger partial charge in [0.2, 0.25) is 0 Å². The first kappa shape index (κ1) is 9.44. The van der Waals surface area contributed by atoms with Gasteiger partial charge in [0, 0.05) is 12.7 Å². The van der Waals surface area contributed by atoms with Crippen LogP contribution in [-0.4, -0.2) is 16.7 Å². The smallest absolute Gasteiger partial charge is 0.148 e. The van der Waals surface area contributed by atoms with Crippen LogP contribution in [0.4, 0.5) is 5.82 Å². The van der Waals surface area contributed by atoms with E-state index in [2.05, 4.69) is 22.4 Å². The van der Waals surface area contributed by atoms with Crippen molar-refractivity contribution in [3.8, 4) is 0 Å². The van der Waals surface area contributed by atoms with E-state index in [1.165, 1.54) is 25.7 Å². The van der Waals surface area contributed by atoms with E-state index in [-0.39, 0.29) is 0 Å². The van der Waals surface area contributed by atoms with Gasteiger partial charge in [0.15, 0.2) is 0 Å². The van der Waals surface area contributed by atoms with Crippen molar-refractivity contribution in [2.45, 2.75) is 32.6 Å². The van der Waals surface area contributed by atoms with Crippen LogP contribution in [0.1, 0.15) is 32.6 Å². The Kier molecular flexibility index (Phi) is 2.66. The Labute approximate surface area is 84.9 Å². The molecule has 0 atom stereocenters. The van der Waals surface area contributed by atoms with Crippen molar-refractivity contribution in [3.05, 3.63) is 18.3 Å². The van der Waals surface area contributed by atoms with Crippen molar-refractivity contribution >= 4 is 5.82 Å². The van der Waals surface area contributed by atoms with E-state index in [1.807, 2.05) is 12.1 Å². The van der Waals surface area contributed by atoms with Gasteiger partial charge in [0.05, 0.1) is 0 Å². The molecule has 2 rings (SSSR count). The second-order valence-corrected chi connectivity index (χ2v) is 4.17. The molecule has 14 heavy (non-hydrogen) atoms. The minimum atomic E-state index is 0.539. The Morgan fingerprint density at radius 3 is 2.86 bits per heavy atom. The largest absolute Gasteiger partial charge is 0.368 e. The van der Waals surface area contributed by atoms with Gasteiger partial charge in [-0.05, 0) is 36.8 Å². The number of hydrogen-bond acceptors (Lipinski definition) is 3. The first-order valence-corrected chi connectivity index (χ1v) is 5.36. The third-order valence-corrected chi connectivity index (χ3v) is 3.38. The molecule has 0 aromatic carbocycles. The van der Waals surface area contributed by atoms with Gasteiger partial charge >= 0.3 is 0 Å². The summed E-state index contributed by atoms with van der Waals surface area (Å²) in [5.41, 5.74) is 0.539. The number of anilines is 1. The summed E-state index contributed by atoms with van der Waals surface area (Å²) in [6.45, 7) is 3.32. The number of aromatic nitrogens is 2. The molecule has 0 unspecified atom stereocenters. The molecule has 0 aliphatic heterocycles. The zero-order chi connectivity index (χ0) is 9.86. The number of rotatable bonds is 4. The standard InChI is InChI=1S/C11H17N3/c1-2-11(6-4-7-11)9-12-10-5-3-8-13-14-10/h3,5,8H,2,4,6-7,9H2,1H3,(H,12,14). The topological polar surface area (TPSA) is 37.8 Å². The third-order valence-electron chi connectivity index (χ3n) is 3.38. The van der Waals surface area contributed by atoms with Crippen molar-refractivity contribution in [1.29, 1.82) is 0 Å². The molecule has 0 spiro atoms. The highest BCUT2D eigenvalue weighted by Crippen LogP contribution is 2.43. The predicted octanol–water partition coefficient (Wildman–Crippen LogP) is 2.47. The summed E-state index contributed by atoms with van der Waals surface area (Å²) >= 11 is 0. The van der Waals surface area contributed by atoms with E-state index in [0.29, 0.717) is 5.41 Å². The van der Waals surface area contributed by atoms with E-state index in [9.17, 15) is 0 Å². The maximum absolute atomic E-state index is 4.01. The molecule has 1 fully saturated rings. The van der Waals surface area contributed by atoms with Crippen LogP contribution in [0.3, 0.4) is 0 Å². The highest BCUT2D eigenvalue weighted by molar-refractivity contribution is 5.31. The maximum Gasteiger partial charge on any atom is 0.148 e. The van der Waals surface area contributed by atoms with E-state index >= 15 is 0 Å². The van der Waals surface area contributed by atoms with Crippen molar-refractivity contribution in [2.24, 2.45) is 5.41 Å². The number of nitrogens with one attached hydrogen (secondary N) is 1. The summed E-state index contributed by atoms with van der Waals surface area (Å²) in [5.74, 6) is 0.896. The zero-order valence-electron chi connectivity index (χ0n) is 8.66. The fourth-order valence-corrected chi connectivity index (χ4v) is 2.01. The van der Waals surface area contributed by atoms with Gasteiger partial charge in [-0.3, -0.25) is 0 Å². The van der Waals surface area contributed by atoms with Crippen LogP contribution in [0, 0.1) is 5.41 Å². The van der Waals surface area contributed by atoms with Crippen LogP contribution in [0.15, 0.2) is 18.3 Å². The van der Waals surface area contributed by atoms with Crippen LogP contribution in [-0.2, 0) is 0 Å². The molecular formula is C11H17N3. The Morgan fingerprint density at radius 2 is 2.36 bits per heavy atom. The molecule has 1 aliphatic carbocycles. The van der Waals surface area contributed by atoms with Crippen molar-refractivity contribution in [3.63, 3.8) is 0 Å². The summed E-state index contributed by atoms with van der Waals surface area (Å²) in [4.78, 5) is 0. The summed E-state index contributed by atoms with van der Waals surface area (Å²) in [6, 6.07) is 3.88. The Morgan fingerprint density at radius 1 is 1.50 bits per heavy atom. The van der Waals surface area contributed by atoms with Crippen LogP contribution in [0.5, 0.6) is 0 Å². The summed E-state index contributed by atoms with van der Waals surface area (Å²) in [6.07, 6.45) is 7.06. The van der Waals surface area contributed by atoms with Crippen LogP contribution in [0.25, 0.3) is 0 Å². The molecule has 0 amide bonds. The normalized spacial score (nSPS) is 18.6. The van der Waals surface area contributed by atoms with Gasteiger partial charge in [0.1, 0.15) is 5.82 Å². The molecule has 76 valence electrons. The Balaban J connectivity index is 1.88. The molecule has 1 heterocycles. The number of hydrogen-bond donors (Lipinski definition) is 1. The molecular weight excluding hydrogens is 174 g/mol. The SMILES string of the molecule is CCC1(CNc2cccnn2)CCC1. The molecule has 1 saturated carbocycles. The fourth-order valence-electron chi connectivity index (χ4n) is 2.01. The number of nitrogens with zero attached hydrogens (tertiary/aromatic N) is 2. The monoisotopic (exact) mass is 191 g/mol. The van der Waals surface area contributed by atoms with E-state index in [0.717, 1.165) is 12.4 Å². The van der Waals surface area contributed by atoms with Gasteiger partial charge < -0.3 is 5.32 Å². The van der Waals surface area contributed by atoms with Crippen LogP contribution < -0.4 is 5.32 Å². The Bertz CT molecular complexity index is 274. The molecule has 1 aromatic rings. The zero-order valence-corrected chi connectivity index (χ0v) is 8.66. The molecule has 0 radical (unpaired) electrons. The fraction of sp³-hybridized carbons (Fsp3) is 0.636. The van der Waals surface area contributed by atoms with Gasteiger partial charge in [0.25, 0.3) is 0 Å². The lowest BCUT2D eigenvalue weighted by atomic mass is 9.67. The van der Waals surface area contributed by atoms with Crippen molar-refractivity contribution in [2.75, 3.05) is 11.9 Å². The average molecular weight is 191 g/mol. The molecule has 3 nitrogen and oxygen atoms in total. The van der Waals surface area contributed by atoms with Crippen molar-refractivity contribution in [1.82, 2.24) is 10.2 Å². The summed E-state index contributed by atoms with van der Waals surface area (Å²) in [7, 11) is 0. The van der Waals surface area contributed by atoms with Crippen LogP contribution in [0.2, 0.25) is 0 Å². The maximum atomic E-state index is 4.01. The van der Waals surface area contributed by atoms with Crippen molar-refractivity contribution < 1.29 is 0 Å². The predicted molar refractivity (Wildman–Crippen MR) is 57.1 cm³/mol. The second kappa shape index (κ2) is 3.95. The first-order valence-electron chi connectivity index (χ1n) is 5.36. The van der Waals surface area contributed by atoms with Gasteiger partial charge in [-0.25, -0.2) is 0 Å². The van der Waals surface area contributed by atoms with Gasteiger partial charge in [-0.1, -0.05) is 13.3 Å². The minimum absolute atomic E-state index is 0.539. The molecule has 3 heteroatoms. The lowest BCUT2D eigenvalue weighted by molar-refractivity contribution is 0.145. The van der Waals surface area contributed by atoms with Crippen LogP contribution >= 0.6 is 0 Å². The van der Waals surface area contributed by atoms with E-state index in [1.54, 1.807) is 6.20 Å². The molecule has 1 aromatic heterocycles. The molecule has 1 N–H and O–H groups in total. The van der Waals surface area contributed by atoms with Gasteiger partial charge in [-0.2, -0.15) is 5.10 Å². The second-order valence-electron chi connectivity index (χ2n) is 4.17. The lowest BCUT2D eigenvalue weighted by Gasteiger charge is -2.41. The van der Waals surface area contributed by atoms with E-state index in [4.69, 9.17) is 0 Å². The third kappa shape index (κ3) is 1.86. The summed E-state index contributed by atoms with van der Waals surface area (Å²) < 4.78 is 0. The minimum Gasteiger partial charge on any atom is -0.368 e. The molecule has 0 bridgehead atoms.